The van der Waals surface area contributed by atoms with Crippen LogP contribution in [0.1, 0.15) is 32.6 Å². The maximum Gasteiger partial charge on any atom is 0.230 e. The van der Waals surface area contributed by atoms with Crippen LogP contribution in [-0.4, -0.2) is 20.1 Å². The predicted octanol–water partition coefficient (Wildman–Crippen LogP) is 3.36. The summed E-state index contributed by atoms with van der Waals surface area (Å²) in [6.45, 7) is 1.92. The average Bonchev–Trinajstić information content (AvgIpc) is 2.88. The summed E-state index contributed by atoms with van der Waals surface area (Å²) < 4.78 is 24.1. The highest BCUT2D eigenvalue weighted by Gasteiger charge is 2.36. The zero-order valence-electron chi connectivity index (χ0n) is 12.1. The van der Waals surface area contributed by atoms with E-state index in [1.807, 2.05) is 6.92 Å². The molecule has 4 nitrogen and oxygen atoms in total. The molecule has 1 amide bonds. The van der Waals surface area contributed by atoms with Crippen molar-refractivity contribution in [1.82, 2.24) is 0 Å². The fourth-order valence-electron chi connectivity index (χ4n) is 2.61. The first-order chi connectivity index (χ1) is 9.50. The number of anilines is 1. The fraction of sp³-hybridized carbons (Fsp3) is 0.533. The molecule has 1 N–H and O–H groups in total. The van der Waals surface area contributed by atoms with E-state index < -0.39 is 11.2 Å². The van der Waals surface area contributed by atoms with Crippen molar-refractivity contribution in [3.05, 3.63) is 17.9 Å². The van der Waals surface area contributed by atoms with Crippen molar-refractivity contribution in [3.63, 3.8) is 0 Å². The van der Waals surface area contributed by atoms with Gasteiger partial charge in [0.05, 0.1) is 19.9 Å². The molecule has 1 saturated carbocycles. The summed E-state index contributed by atoms with van der Waals surface area (Å²) in [5, 5.41) is 2.67. The smallest absolute Gasteiger partial charge is 0.230 e. The van der Waals surface area contributed by atoms with Crippen LogP contribution in [0.15, 0.2) is 12.1 Å². The third kappa shape index (κ3) is 2.71. The molecule has 1 fully saturated rings. The van der Waals surface area contributed by atoms with Crippen LogP contribution in [0.3, 0.4) is 0 Å². The zero-order chi connectivity index (χ0) is 14.8. The van der Waals surface area contributed by atoms with Gasteiger partial charge in [0.1, 0.15) is 0 Å². The Kier molecular flexibility index (Phi) is 4.16. The highest BCUT2D eigenvalue weighted by atomic mass is 19.1. The van der Waals surface area contributed by atoms with Gasteiger partial charge < -0.3 is 14.8 Å². The summed E-state index contributed by atoms with van der Waals surface area (Å²) in [4.78, 5) is 12.3. The van der Waals surface area contributed by atoms with Crippen LogP contribution in [0.4, 0.5) is 10.1 Å². The Morgan fingerprint density at radius 2 is 1.75 bits per heavy atom. The Hall–Kier alpha value is -1.78. The summed E-state index contributed by atoms with van der Waals surface area (Å²) in [5.41, 5.74) is -0.277. The zero-order valence-corrected chi connectivity index (χ0v) is 12.1. The Morgan fingerprint density at radius 1 is 1.20 bits per heavy atom. The number of benzene rings is 1. The van der Waals surface area contributed by atoms with Crippen LogP contribution in [0.25, 0.3) is 0 Å². The van der Waals surface area contributed by atoms with E-state index in [0.29, 0.717) is 11.5 Å². The van der Waals surface area contributed by atoms with Crippen LogP contribution in [-0.2, 0) is 4.79 Å². The summed E-state index contributed by atoms with van der Waals surface area (Å²) in [6, 6.07) is 2.66. The first-order valence-electron chi connectivity index (χ1n) is 6.73. The molecule has 0 atom stereocenters. The minimum atomic E-state index is -0.530. The molecule has 2 rings (SSSR count). The van der Waals surface area contributed by atoms with Crippen molar-refractivity contribution < 1.29 is 18.7 Å². The second-order valence-corrected chi connectivity index (χ2v) is 5.41. The molecule has 1 aromatic carbocycles. The van der Waals surface area contributed by atoms with Crippen molar-refractivity contribution in [2.75, 3.05) is 19.5 Å². The fourth-order valence-corrected chi connectivity index (χ4v) is 2.61. The number of methoxy groups -OCH3 is 2. The minimum absolute atomic E-state index is 0.126. The predicted molar refractivity (Wildman–Crippen MR) is 74.7 cm³/mol. The number of carbonyl (C=O) groups is 1. The number of rotatable bonds is 4. The number of ether oxygens (including phenoxy) is 2. The lowest BCUT2D eigenvalue weighted by molar-refractivity contribution is -0.124. The maximum absolute atomic E-state index is 14.0. The first-order valence-corrected chi connectivity index (χ1v) is 6.73. The SMILES string of the molecule is COc1cc(F)c(NC(=O)C2(C)CCCC2)cc1OC. The van der Waals surface area contributed by atoms with Crippen LogP contribution in [0.2, 0.25) is 0 Å². The van der Waals surface area contributed by atoms with Crippen molar-refractivity contribution in [2.24, 2.45) is 5.41 Å². The van der Waals surface area contributed by atoms with E-state index in [4.69, 9.17) is 9.47 Å². The quantitative estimate of drug-likeness (QED) is 0.920. The van der Waals surface area contributed by atoms with Crippen molar-refractivity contribution >= 4 is 11.6 Å². The molecular formula is C15H20FNO3. The van der Waals surface area contributed by atoms with Gasteiger partial charge in [-0.15, -0.1) is 0 Å². The molecule has 0 aliphatic heterocycles. The molecule has 5 heteroatoms. The van der Waals surface area contributed by atoms with E-state index in [1.54, 1.807) is 0 Å². The Bertz CT molecular complexity index is 510. The van der Waals surface area contributed by atoms with Crippen molar-refractivity contribution in [3.8, 4) is 11.5 Å². The summed E-state index contributed by atoms with van der Waals surface area (Å²) in [6.07, 6.45) is 3.76. The molecule has 1 aromatic rings. The summed E-state index contributed by atoms with van der Waals surface area (Å²) >= 11 is 0. The van der Waals surface area contributed by atoms with Gasteiger partial charge in [-0.1, -0.05) is 19.8 Å². The number of nitrogens with one attached hydrogen (secondary N) is 1. The lowest BCUT2D eigenvalue weighted by Crippen LogP contribution is -2.31. The molecule has 1 aliphatic rings. The van der Waals surface area contributed by atoms with Gasteiger partial charge in [-0.05, 0) is 12.8 Å². The average molecular weight is 281 g/mol. The van der Waals surface area contributed by atoms with E-state index in [9.17, 15) is 9.18 Å². The van der Waals surface area contributed by atoms with Gasteiger partial charge in [-0.25, -0.2) is 4.39 Å². The normalized spacial score (nSPS) is 16.8. The lowest BCUT2D eigenvalue weighted by Gasteiger charge is -2.22. The van der Waals surface area contributed by atoms with Gasteiger partial charge in [0.25, 0.3) is 0 Å². The third-order valence-corrected chi connectivity index (χ3v) is 3.98. The van der Waals surface area contributed by atoms with Gasteiger partial charge >= 0.3 is 0 Å². The summed E-state index contributed by atoms with van der Waals surface area (Å²) in [5.74, 6) is 0.0227. The Labute approximate surface area is 118 Å². The van der Waals surface area contributed by atoms with Crippen LogP contribution in [0.5, 0.6) is 11.5 Å². The van der Waals surface area contributed by atoms with Gasteiger partial charge in [-0.2, -0.15) is 0 Å². The van der Waals surface area contributed by atoms with Crippen LogP contribution >= 0.6 is 0 Å². The van der Waals surface area contributed by atoms with Gasteiger partial charge in [0.15, 0.2) is 17.3 Å². The largest absolute Gasteiger partial charge is 0.493 e. The van der Waals surface area contributed by atoms with Gasteiger partial charge in [0.2, 0.25) is 5.91 Å². The molecule has 20 heavy (non-hydrogen) atoms. The summed E-state index contributed by atoms with van der Waals surface area (Å²) in [7, 11) is 2.91. The standard InChI is InChI=1S/C15H20FNO3/c1-15(6-4-5-7-15)14(18)17-11-9-13(20-3)12(19-2)8-10(11)16/h8-9H,4-7H2,1-3H3,(H,17,18). The van der Waals surface area contributed by atoms with Gasteiger partial charge in [0, 0.05) is 17.5 Å². The molecule has 0 heterocycles. The molecule has 0 spiro atoms. The van der Waals surface area contributed by atoms with E-state index >= 15 is 0 Å². The first kappa shape index (κ1) is 14.6. The van der Waals surface area contributed by atoms with Crippen LogP contribution in [0, 0.1) is 11.2 Å². The second kappa shape index (κ2) is 5.69. The number of hydrogen-bond acceptors (Lipinski definition) is 3. The second-order valence-electron chi connectivity index (χ2n) is 5.41. The van der Waals surface area contributed by atoms with Crippen molar-refractivity contribution in [1.29, 1.82) is 0 Å². The molecule has 0 saturated heterocycles. The monoisotopic (exact) mass is 281 g/mol. The molecular weight excluding hydrogens is 261 g/mol. The lowest BCUT2D eigenvalue weighted by atomic mass is 9.88. The number of carbonyl (C=O) groups excluding carboxylic acids is 1. The van der Waals surface area contributed by atoms with Crippen LogP contribution < -0.4 is 14.8 Å². The highest BCUT2D eigenvalue weighted by molar-refractivity contribution is 5.95. The number of halogens is 1. The highest BCUT2D eigenvalue weighted by Crippen LogP contribution is 2.39. The van der Waals surface area contributed by atoms with E-state index in [1.165, 1.54) is 26.4 Å². The van der Waals surface area contributed by atoms with E-state index in [-0.39, 0.29) is 11.6 Å². The van der Waals surface area contributed by atoms with E-state index in [0.717, 1.165) is 25.7 Å². The molecule has 0 radical (unpaired) electrons. The minimum Gasteiger partial charge on any atom is -0.493 e. The Morgan fingerprint density at radius 3 is 2.30 bits per heavy atom. The number of hydrogen-bond donors (Lipinski definition) is 1. The third-order valence-electron chi connectivity index (χ3n) is 3.98. The van der Waals surface area contributed by atoms with Crippen molar-refractivity contribution in [2.45, 2.75) is 32.6 Å². The molecule has 0 unspecified atom stereocenters. The Balaban J connectivity index is 2.23. The molecule has 110 valence electrons. The number of amides is 1. The van der Waals surface area contributed by atoms with E-state index in [2.05, 4.69) is 5.32 Å². The molecule has 0 bridgehead atoms. The maximum atomic E-state index is 14.0. The van der Waals surface area contributed by atoms with Gasteiger partial charge in [-0.3, -0.25) is 4.79 Å². The molecule has 1 aliphatic carbocycles. The topological polar surface area (TPSA) is 47.6 Å². The molecule has 0 aromatic heterocycles.